The standard InChI is InChI=1S/C16H25N3O3.2ClH/c1-11-4-5-15(22-11)14(19-6-2-3-7-19)10-18-16(21)13-8-12(20)9-17-13;;/h4-5,12-14,17,20H,2-3,6-10H2,1H3,(H,18,21);2*1H. The van der Waals surface area contributed by atoms with Gasteiger partial charge >= 0.3 is 0 Å². The second-order valence-corrected chi connectivity index (χ2v) is 6.30. The Morgan fingerprint density at radius 2 is 2.12 bits per heavy atom. The lowest BCUT2D eigenvalue weighted by atomic mass is 10.1. The Morgan fingerprint density at radius 1 is 1.42 bits per heavy atom. The van der Waals surface area contributed by atoms with Gasteiger partial charge in [0.15, 0.2) is 0 Å². The molecule has 1 aromatic rings. The third-order valence-electron chi connectivity index (χ3n) is 4.56. The molecule has 8 heteroatoms. The normalized spacial score (nSPS) is 24.9. The van der Waals surface area contributed by atoms with E-state index in [0.717, 1.165) is 24.6 Å². The van der Waals surface area contributed by atoms with Gasteiger partial charge in [-0.15, -0.1) is 24.8 Å². The summed E-state index contributed by atoms with van der Waals surface area (Å²) in [7, 11) is 0. The van der Waals surface area contributed by atoms with Crippen LogP contribution >= 0.6 is 24.8 Å². The summed E-state index contributed by atoms with van der Waals surface area (Å²) in [6.45, 7) is 5.05. The third-order valence-corrected chi connectivity index (χ3v) is 4.56. The number of likely N-dealkylation sites (tertiary alicyclic amines) is 1. The first kappa shape index (κ1) is 21.3. The van der Waals surface area contributed by atoms with Gasteiger partial charge in [0, 0.05) is 13.1 Å². The zero-order valence-corrected chi connectivity index (χ0v) is 15.5. The Morgan fingerprint density at radius 3 is 2.67 bits per heavy atom. The molecule has 3 N–H and O–H groups in total. The monoisotopic (exact) mass is 379 g/mol. The molecule has 0 radical (unpaired) electrons. The molecule has 2 fully saturated rings. The topological polar surface area (TPSA) is 77.7 Å². The first-order valence-corrected chi connectivity index (χ1v) is 8.13. The van der Waals surface area contributed by atoms with Crippen molar-refractivity contribution in [2.24, 2.45) is 0 Å². The van der Waals surface area contributed by atoms with Crippen LogP contribution in [0, 0.1) is 6.92 Å². The Labute approximate surface area is 155 Å². The molecule has 0 saturated carbocycles. The zero-order valence-electron chi connectivity index (χ0n) is 13.9. The number of rotatable bonds is 5. The lowest BCUT2D eigenvalue weighted by Crippen LogP contribution is -2.44. The number of nitrogens with zero attached hydrogens (tertiary/aromatic N) is 1. The molecule has 3 atom stereocenters. The van der Waals surface area contributed by atoms with Gasteiger partial charge in [-0.2, -0.15) is 0 Å². The SMILES string of the molecule is Cc1ccc(C(CNC(=O)C2CC(O)CN2)N2CCCC2)o1.Cl.Cl. The average Bonchev–Trinajstić information content (AvgIpc) is 3.21. The molecule has 2 saturated heterocycles. The van der Waals surface area contributed by atoms with Crippen molar-refractivity contribution in [1.82, 2.24) is 15.5 Å². The highest BCUT2D eigenvalue weighted by Crippen LogP contribution is 2.26. The second-order valence-electron chi connectivity index (χ2n) is 6.30. The Hall–Kier alpha value is -0.790. The molecule has 6 nitrogen and oxygen atoms in total. The van der Waals surface area contributed by atoms with E-state index in [-0.39, 0.29) is 42.8 Å². The van der Waals surface area contributed by atoms with Crippen molar-refractivity contribution in [3.8, 4) is 0 Å². The molecule has 1 aromatic heterocycles. The lowest BCUT2D eigenvalue weighted by Gasteiger charge is -2.26. The van der Waals surface area contributed by atoms with E-state index in [2.05, 4.69) is 15.5 Å². The van der Waals surface area contributed by atoms with Gasteiger partial charge in [0.2, 0.25) is 5.91 Å². The Balaban J connectivity index is 0.00000144. The molecule has 3 rings (SSSR count). The number of amides is 1. The minimum Gasteiger partial charge on any atom is -0.465 e. The van der Waals surface area contributed by atoms with Crippen LogP contribution in [0.5, 0.6) is 0 Å². The molecule has 0 bridgehead atoms. The summed E-state index contributed by atoms with van der Waals surface area (Å²) in [4.78, 5) is 14.6. The summed E-state index contributed by atoms with van der Waals surface area (Å²) in [5.74, 6) is 1.77. The van der Waals surface area contributed by atoms with E-state index in [4.69, 9.17) is 4.42 Å². The van der Waals surface area contributed by atoms with E-state index < -0.39 is 6.10 Å². The number of furan rings is 1. The summed E-state index contributed by atoms with van der Waals surface area (Å²) >= 11 is 0. The van der Waals surface area contributed by atoms with Gasteiger partial charge in [-0.1, -0.05) is 0 Å². The van der Waals surface area contributed by atoms with Crippen LogP contribution in [0.3, 0.4) is 0 Å². The van der Waals surface area contributed by atoms with Gasteiger partial charge in [-0.25, -0.2) is 0 Å². The van der Waals surface area contributed by atoms with E-state index in [1.807, 2.05) is 19.1 Å². The van der Waals surface area contributed by atoms with Crippen LogP contribution in [0.25, 0.3) is 0 Å². The van der Waals surface area contributed by atoms with Crippen LogP contribution in [0.2, 0.25) is 0 Å². The zero-order chi connectivity index (χ0) is 15.5. The van der Waals surface area contributed by atoms with Crippen LogP contribution in [0.15, 0.2) is 16.5 Å². The van der Waals surface area contributed by atoms with E-state index in [9.17, 15) is 9.90 Å². The number of carbonyl (C=O) groups is 1. The van der Waals surface area contributed by atoms with Crippen molar-refractivity contribution in [1.29, 1.82) is 0 Å². The van der Waals surface area contributed by atoms with E-state index in [1.165, 1.54) is 12.8 Å². The van der Waals surface area contributed by atoms with Crippen molar-refractivity contribution in [3.63, 3.8) is 0 Å². The number of β-amino-alcohol motifs (C(OH)–C–C–N with tert-alkyl or cyclic N) is 1. The molecule has 138 valence electrons. The minimum atomic E-state index is -0.419. The molecule has 3 unspecified atom stereocenters. The van der Waals surface area contributed by atoms with Gasteiger partial charge in [0.05, 0.1) is 18.2 Å². The molecule has 2 aliphatic heterocycles. The first-order valence-electron chi connectivity index (χ1n) is 8.13. The molecule has 0 aromatic carbocycles. The highest BCUT2D eigenvalue weighted by molar-refractivity contribution is 5.85. The van der Waals surface area contributed by atoms with Crippen LogP contribution in [-0.2, 0) is 4.79 Å². The fourth-order valence-corrected chi connectivity index (χ4v) is 3.33. The number of hydrogen-bond acceptors (Lipinski definition) is 5. The second kappa shape index (κ2) is 9.63. The van der Waals surface area contributed by atoms with Crippen molar-refractivity contribution in [2.45, 2.75) is 44.4 Å². The van der Waals surface area contributed by atoms with E-state index >= 15 is 0 Å². The van der Waals surface area contributed by atoms with Crippen molar-refractivity contribution in [3.05, 3.63) is 23.7 Å². The lowest BCUT2D eigenvalue weighted by molar-refractivity contribution is -0.123. The Bertz CT molecular complexity index is 520. The molecular weight excluding hydrogens is 353 g/mol. The van der Waals surface area contributed by atoms with Crippen LogP contribution in [0.1, 0.15) is 36.8 Å². The smallest absolute Gasteiger partial charge is 0.237 e. The summed E-state index contributed by atoms with van der Waals surface area (Å²) in [6, 6.07) is 3.77. The Kier molecular flexibility index (Phi) is 8.53. The number of aliphatic hydroxyl groups is 1. The van der Waals surface area contributed by atoms with Gasteiger partial charge in [-0.3, -0.25) is 9.69 Å². The van der Waals surface area contributed by atoms with E-state index in [0.29, 0.717) is 19.5 Å². The van der Waals surface area contributed by atoms with Crippen molar-refractivity contribution in [2.75, 3.05) is 26.2 Å². The fourth-order valence-electron chi connectivity index (χ4n) is 3.33. The number of halogens is 2. The third kappa shape index (κ3) is 5.10. The molecule has 3 heterocycles. The number of carbonyl (C=O) groups excluding carboxylic acids is 1. The number of aliphatic hydroxyl groups excluding tert-OH is 1. The highest BCUT2D eigenvalue weighted by Gasteiger charge is 2.30. The minimum absolute atomic E-state index is 0. The van der Waals surface area contributed by atoms with E-state index in [1.54, 1.807) is 0 Å². The molecule has 1 amide bonds. The van der Waals surface area contributed by atoms with Gasteiger partial charge in [0.1, 0.15) is 11.5 Å². The number of hydrogen-bond donors (Lipinski definition) is 3. The predicted octanol–water partition coefficient (Wildman–Crippen LogP) is 1.41. The largest absolute Gasteiger partial charge is 0.465 e. The molecular formula is C16H27Cl2N3O3. The number of nitrogens with one attached hydrogen (secondary N) is 2. The molecule has 0 aliphatic carbocycles. The average molecular weight is 380 g/mol. The molecule has 2 aliphatic rings. The molecule has 24 heavy (non-hydrogen) atoms. The fraction of sp³-hybridized carbons (Fsp3) is 0.688. The van der Waals surface area contributed by atoms with Crippen LogP contribution in [-0.4, -0.2) is 54.2 Å². The number of aryl methyl sites for hydroxylation is 1. The summed E-state index contributed by atoms with van der Waals surface area (Å²) in [5.41, 5.74) is 0. The summed E-state index contributed by atoms with van der Waals surface area (Å²) < 4.78 is 5.78. The van der Waals surface area contributed by atoms with Crippen molar-refractivity contribution < 1.29 is 14.3 Å². The maximum absolute atomic E-state index is 12.2. The van der Waals surface area contributed by atoms with Crippen LogP contribution < -0.4 is 10.6 Å². The summed E-state index contributed by atoms with van der Waals surface area (Å²) in [5, 5.41) is 15.6. The predicted molar refractivity (Wildman–Crippen MR) is 96.9 cm³/mol. The van der Waals surface area contributed by atoms with Crippen molar-refractivity contribution >= 4 is 30.7 Å². The quantitative estimate of drug-likeness (QED) is 0.720. The maximum Gasteiger partial charge on any atom is 0.237 e. The van der Waals surface area contributed by atoms with Gasteiger partial charge in [-0.05, 0) is 51.4 Å². The van der Waals surface area contributed by atoms with Gasteiger partial charge < -0.3 is 20.2 Å². The van der Waals surface area contributed by atoms with Gasteiger partial charge in [0.25, 0.3) is 0 Å². The summed E-state index contributed by atoms with van der Waals surface area (Å²) in [6.07, 6.45) is 2.46. The maximum atomic E-state index is 12.2. The highest BCUT2D eigenvalue weighted by atomic mass is 35.5. The van der Waals surface area contributed by atoms with Crippen LogP contribution in [0.4, 0.5) is 0 Å². The first-order chi connectivity index (χ1) is 10.6. The molecule has 0 spiro atoms.